The van der Waals surface area contributed by atoms with Gasteiger partial charge in [-0.1, -0.05) is 279 Å². The quantitative estimate of drug-likeness (QED) is 0.0199. The molecule has 558 valence electrons. The Morgan fingerprint density at radius 3 is 1.12 bits per heavy atom. The van der Waals surface area contributed by atoms with Gasteiger partial charge in [0.25, 0.3) is 0 Å². The molecule has 19 nitrogen and oxygen atoms in total. The Morgan fingerprint density at radius 2 is 0.719 bits per heavy atom. The normalized spacial score (nSPS) is 27.4. The minimum absolute atomic E-state index is 0.245. The van der Waals surface area contributed by atoms with Crippen LogP contribution in [0.25, 0.3) is 0 Å². The van der Waals surface area contributed by atoms with Crippen LogP contribution in [-0.2, 0) is 33.2 Å². The molecular weight excluding hydrogens is 1230 g/mol. The van der Waals surface area contributed by atoms with E-state index in [4.69, 9.17) is 28.4 Å². The van der Waals surface area contributed by atoms with Crippen LogP contribution in [0, 0.1) is 0 Å². The number of ether oxygens (including phenoxy) is 6. The maximum absolute atomic E-state index is 13.5. The molecule has 17 unspecified atom stereocenters. The summed E-state index contributed by atoms with van der Waals surface area (Å²) in [6, 6.07) is -0.893. The zero-order valence-corrected chi connectivity index (χ0v) is 59.3. The van der Waals surface area contributed by atoms with Gasteiger partial charge in [-0.3, -0.25) is 4.79 Å². The van der Waals surface area contributed by atoms with Gasteiger partial charge >= 0.3 is 0 Å². The number of carbonyl (C=O) groups excluding carboxylic acids is 1. The number of aliphatic hydroxyl groups excluding tert-OH is 11. The van der Waals surface area contributed by atoms with Gasteiger partial charge in [-0.2, -0.15) is 0 Å². The highest BCUT2D eigenvalue weighted by molar-refractivity contribution is 5.76. The molecule has 1 amide bonds. The summed E-state index contributed by atoms with van der Waals surface area (Å²) < 4.78 is 34.5. The molecule has 19 heteroatoms. The number of aliphatic hydroxyl groups is 11. The van der Waals surface area contributed by atoms with Gasteiger partial charge < -0.3 is 89.9 Å². The Hall–Kier alpha value is -2.77. The Kier molecular flexibility index (Phi) is 52.7. The summed E-state index contributed by atoms with van der Waals surface area (Å²) in [5.74, 6) is -0.245. The van der Waals surface area contributed by atoms with Gasteiger partial charge in [0.2, 0.25) is 5.91 Å². The molecule has 12 N–H and O–H groups in total. The predicted molar refractivity (Wildman–Crippen MR) is 378 cm³/mol. The maximum atomic E-state index is 13.5. The first kappa shape index (κ1) is 87.4. The molecule has 3 fully saturated rings. The molecule has 0 aromatic carbocycles. The van der Waals surface area contributed by atoms with Crippen LogP contribution in [-0.4, -0.2) is 193 Å². The molecule has 96 heavy (non-hydrogen) atoms. The molecule has 0 aromatic rings. The van der Waals surface area contributed by atoms with Crippen molar-refractivity contribution < 1.29 is 89.4 Å². The second kappa shape index (κ2) is 57.8. The Bertz CT molecular complexity index is 2020. The Balaban J connectivity index is 1.38. The van der Waals surface area contributed by atoms with E-state index in [0.717, 1.165) is 89.9 Å². The largest absolute Gasteiger partial charge is 0.394 e. The van der Waals surface area contributed by atoms with Crippen molar-refractivity contribution in [1.29, 1.82) is 0 Å². The number of hydrogen-bond donors (Lipinski definition) is 12. The first-order valence-corrected chi connectivity index (χ1v) is 38.2. The molecule has 0 aliphatic carbocycles. The van der Waals surface area contributed by atoms with Crippen LogP contribution in [0.2, 0.25) is 0 Å². The van der Waals surface area contributed by atoms with Gasteiger partial charge in [-0.05, 0) is 64.2 Å². The predicted octanol–water partition coefficient (Wildman–Crippen LogP) is 11.7. The molecular formula is C77H137NO18. The summed E-state index contributed by atoms with van der Waals surface area (Å²) in [6.07, 6.45) is 46.9. The Labute approximate surface area is 578 Å². The third-order valence-electron chi connectivity index (χ3n) is 18.8. The minimum atomic E-state index is -1.98. The minimum Gasteiger partial charge on any atom is -0.394 e. The standard InChI is InChI=1S/C77H137NO18/c1-3-5-7-9-11-13-15-17-19-21-23-25-26-27-28-29-30-31-32-33-34-35-37-39-41-43-45-47-49-51-53-55-65(83)78-60(61(82)54-52-50-48-46-44-42-40-38-36-24-22-20-18-16-14-12-10-8-6-4-2)59-91-75-71(89)68(86)73(63(57-80)93-75)96-77-72(90)69(87)74(64(58-81)94-77)95-76-70(88)67(85)66(84)62(56-79)92-76/h5,7,11,13,17,19,23,25,27-28,30-31,60-64,66-77,79-82,84-90H,3-4,6,8-10,12,14-16,18,20-22,24,26,29,32-59H2,1-2H3,(H,78,83)/b7-5-,13-11-,19-17-,25-23-,28-27-,31-30-. The third-order valence-corrected chi connectivity index (χ3v) is 18.8. The molecule has 3 saturated heterocycles. The number of carbonyl (C=O) groups is 1. The van der Waals surface area contributed by atoms with Gasteiger partial charge in [0, 0.05) is 6.42 Å². The smallest absolute Gasteiger partial charge is 0.220 e. The third kappa shape index (κ3) is 38.3. The van der Waals surface area contributed by atoms with Gasteiger partial charge in [0.15, 0.2) is 18.9 Å². The molecule has 3 aliphatic heterocycles. The van der Waals surface area contributed by atoms with Crippen molar-refractivity contribution in [3.8, 4) is 0 Å². The topological polar surface area (TPSA) is 307 Å². The first-order valence-electron chi connectivity index (χ1n) is 38.2. The fourth-order valence-electron chi connectivity index (χ4n) is 12.7. The van der Waals surface area contributed by atoms with E-state index in [1.165, 1.54) is 154 Å². The second-order valence-electron chi connectivity index (χ2n) is 27.1. The lowest BCUT2D eigenvalue weighted by Gasteiger charge is -2.48. The maximum Gasteiger partial charge on any atom is 0.220 e. The summed E-state index contributed by atoms with van der Waals surface area (Å²) in [6.45, 7) is 1.71. The van der Waals surface area contributed by atoms with Gasteiger partial charge in [0.1, 0.15) is 73.2 Å². The molecule has 0 bridgehead atoms. The van der Waals surface area contributed by atoms with Crippen LogP contribution in [0.15, 0.2) is 72.9 Å². The van der Waals surface area contributed by atoms with Crippen LogP contribution in [0.3, 0.4) is 0 Å². The van der Waals surface area contributed by atoms with Crippen LogP contribution in [0.5, 0.6) is 0 Å². The van der Waals surface area contributed by atoms with Crippen molar-refractivity contribution in [2.75, 3.05) is 26.4 Å². The SMILES string of the molecule is CC/C=C\C/C=C\C/C=C\C/C=C\C/C=C\C/C=C\CCCCCCCCCCCCCCC(=O)NC(COC1OC(CO)C(OC2OC(CO)C(OC3OC(CO)C(O)C(O)C3O)C(O)C2O)C(O)C1O)C(O)CCCCCCCCCCCCCCCCCCCCCC. The van der Waals surface area contributed by atoms with E-state index in [1.807, 2.05) is 0 Å². The van der Waals surface area contributed by atoms with E-state index in [2.05, 4.69) is 92.1 Å². The van der Waals surface area contributed by atoms with Crippen molar-refractivity contribution in [2.24, 2.45) is 0 Å². The monoisotopic (exact) mass is 1360 g/mol. The second-order valence-corrected chi connectivity index (χ2v) is 27.1. The van der Waals surface area contributed by atoms with E-state index < -0.39 is 124 Å². The van der Waals surface area contributed by atoms with Crippen molar-refractivity contribution in [3.05, 3.63) is 72.9 Å². The van der Waals surface area contributed by atoms with E-state index in [9.17, 15) is 61.0 Å². The molecule has 3 heterocycles. The zero-order chi connectivity index (χ0) is 69.6. The van der Waals surface area contributed by atoms with Crippen molar-refractivity contribution in [3.63, 3.8) is 0 Å². The van der Waals surface area contributed by atoms with Crippen LogP contribution in [0.1, 0.15) is 277 Å². The lowest BCUT2D eigenvalue weighted by Crippen LogP contribution is -2.66. The summed E-state index contributed by atoms with van der Waals surface area (Å²) >= 11 is 0. The number of amides is 1. The Morgan fingerprint density at radius 1 is 0.385 bits per heavy atom. The fraction of sp³-hybridized carbons (Fsp3) is 0.831. The molecule has 3 aliphatic rings. The summed E-state index contributed by atoms with van der Waals surface area (Å²) in [7, 11) is 0. The number of hydrogen-bond acceptors (Lipinski definition) is 18. The highest BCUT2D eigenvalue weighted by atomic mass is 16.8. The highest BCUT2D eigenvalue weighted by Crippen LogP contribution is 2.33. The average molecular weight is 1360 g/mol. The zero-order valence-electron chi connectivity index (χ0n) is 59.3. The van der Waals surface area contributed by atoms with E-state index in [-0.39, 0.29) is 18.9 Å². The first-order chi connectivity index (χ1) is 46.8. The average Bonchev–Trinajstić information content (AvgIpc) is 0.786. The molecule has 0 aromatic heterocycles. The molecule has 3 rings (SSSR count). The molecule has 0 radical (unpaired) electrons. The molecule has 0 saturated carbocycles. The number of unbranched alkanes of at least 4 members (excludes halogenated alkanes) is 31. The van der Waals surface area contributed by atoms with Gasteiger partial charge in [-0.15, -0.1) is 0 Å². The van der Waals surface area contributed by atoms with Gasteiger partial charge in [0.05, 0.1) is 38.6 Å². The van der Waals surface area contributed by atoms with E-state index in [0.29, 0.717) is 12.8 Å². The number of allylic oxidation sites excluding steroid dienone is 12. The van der Waals surface area contributed by atoms with Crippen molar-refractivity contribution in [2.45, 2.75) is 381 Å². The van der Waals surface area contributed by atoms with E-state index in [1.54, 1.807) is 0 Å². The lowest BCUT2D eigenvalue weighted by atomic mass is 9.96. The lowest BCUT2D eigenvalue weighted by molar-refractivity contribution is -0.379. The van der Waals surface area contributed by atoms with Crippen molar-refractivity contribution in [1.82, 2.24) is 5.32 Å². The fourth-order valence-corrected chi connectivity index (χ4v) is 12.7. The van der Waals surface area contributed by atoms with Crippen LogP contribution in [0.4, 0.5) is 0 Å². The van der Waals surface area contributed by atoms with E-state index >= 15 is 0 Å². The molecule has 0 spiro atoms. The number of rotatable bonds is 59. The van der Waals surface area contributed by atoms with Crippen LogP contribution >= 0.6 is 0 Å². The number of nitrogens with one attached hydrogen (secondary N) is 1. The van der Waals surface area contributed by atoms with Crippen molar-refractivity contribution >= 4 is 5.91 Å². The molecule has 17 atom stereocenters. The van der Waals surface area contributed by atoms with Gasteiger partial charge in [-0.25, -0.2) is 0 Å². The van der Waals surface area contributed by atoms with Crippen LogP contribution < -0.4 is 5.32 Å². The summed E-state index contributed by atoms with van der Waals surface area (Å²) in [4.78, 5) is 13.5. The summed E-state index contributed by atoms with van der Waals surface area (Å²) in [5.41, 5.74) is 0. The highest BCUT2D eigenvalue weighted by Gasteiger charge is 2.53. The summed E-state index contributed by atoms with van der Waals surface area (Å²) in [5, 5.41) is 121.